The summed E-state index contributed by atoms with van der Waals surface area (Å²) >= 11 is 0. The molecule has 0 bridgehead atoms. The molecule has 0 spiro atoms. The average Bonchev–Trinajstić information content (AvgIpc) is 3.36. The van der Waals surface area contributed by atoms with Gasteiger partial charge in [-0.25, -0.2) is 4.79 Å². The summed E-state index contributed by atoms with van der Waals surface area (Å²) in [5.74, 6) is -3.35. The summed E-state index contributed by atoms with van der Waals surface area (Å²) in [5.41, 5.74) is 6.39. The highest BCUT2D eigenvalue weighted by molar-refractivity contribution is 6.03. The maximum Gasteiger partial charge on any atom is 0.352 e. The quantitative estimate of drug-likeness (QED) is 0.277. The van der Waals surface area contributed by atoms with Crippen molar-refractivity contribution < 1.29 is 34.5 Å². The van der Waals surface area contributed by atoms with Crippen molar-refractivity contribution in [2.45, 2.75) is 52.9 Å². The van der Waals surface area contributed by atoms with Crippen LogP contribution in [0.3, 0.4) is 0 Å². The highest BCUT2D eigenvalue weighted by Crippen LogP contribution is 2.30. The molecule has 10 nitrogen and oxygen atoms in total. The lowest BCUT2D eigenvalue weighted by Gasteiger charge is -2.07. The van der Waals surface area contributed by atoms with Crippen LogP contribution in [0.25, 0.3) is 6.08 Å². The van der Waals surface area contributed by atoms with Gasteiger partial charge in [-0.3, -0.25) is 14.4 Å². The first-order chi connectivity index (χ1) is 16.9. The van der Waals surface area contributed by atoms with E-state index in [1.165, 1.54) is 6.08 Å². The molecule has 0 saturated heterocycles. The zero-order valence-electron chi connectivity index (χ0n) is 20.4. The van der Waals surface area contributed by atoms with Gasteiger partial charge in [-0.2, -0.15) is 0 Å². The summed E-state index contributed by atoms with van der Waals surface area (Å²) in [4.78, 5) is 52.6. The number of aromatic carboxylic acids is 1. The van der Waals surface area contributed by atoms with Crippen LogP contribution < -0.4 is 5.32 Å². The Bertz CT molecular complexity index is 1340. The van der Waals surface area contributed by atoms with Gasteiger partial charge in [-0.15, -0.1) is 0 Å². The Morgan fingerprint density at radius 2 is 1.44 bits per heavy atom. The molecule has 10 heteroatoms. The first-order valence-corrected chi connectivity index (χ1v) is 11.4. The van der Waals surface area contributed by atoms with Crippen LogP contribution in [0.15, 0.2) is 29.5 Å². The summed E-state index contributed by atoms with van der Waals surface area (Å²) < 4.78 is 0. The summed E-state index contributed by atoms with van der Waals surface area (Å²) in [6.07, 6.45) is 3.63. The van der Waals surface area contributed by atoms with Gasteiger partial charge < -0.3 is 30.6 Å². The smallest absolute Gasteiger partial charge is 0.352 e. The Balaban J connectivity index is 2.09. The van der Waals surface area contributed by atoms with Crippen molar-refractivity contribution in [2.24, 2.45) is 0 Å². The van der Waals surface area contributed by atoms with Crippen LogP contribution in [-0.2, 0) is 33.6 Å². The van der Waals surface area contributed by atoms with E-state index in [1.807, 2.05) is 6.92 Å². The van der Waals surface area contributed by atoms with Gasteiger partial charge in [0.25, 0.3) is 5.91 Å². The fourth-order valence-corrected chi connectivity index (χ4v) is 4.53. The first-order valence-electron chi connectivity index (χ1n) is 11.4. The van der Waals surface area contributed by atoms with E-state index in [0.717, 1.165) is 16.7 Å². The third kappa shape index (κ3) is 5.32. The van der Waals surface area contributed by atoms with E-state index in [1.54, 1.807) is 19.9 Å². The van der Waals surface area contributed by atoms with Gasteiger partial charge in [0.05, 0.1) is 0 Å². The van der Waals surface area contributed by atoms with Gasteiger partial charge in [-0.05, 0) is 67.5 Å². The van der Waals surface area contributed by atoms with Gasteiger partial charge in [0.15, 0.2) is 0 Å². The van der Waals surface area contributed by atoms with Crippen molar-refractivity contribution in [1.29, 1.82) is 0 Å². The zero-order chi connectivity index (χ0) is 26.7. The number of hydrogen-bond donors (Lipinski definition) is 6. The molecule has 0 fully saturated rings. The fourth-order valence-electron chi connectivity index (χ4n) is 4.53. The normalized spacial score (nSPS) is 14.4. The number of rotatable bonds is 11. The predicted octanol–water partition coefficient (Wildman–Crippen LogP) is 3.26. The molecule has 190 valence electrons. The molecule has 3 rings (SSSR count). The number of amides is 1. The molecule has 0 unspecified atom stereocenters. The molecule has 0 aliphatic carbocycles. The lowest BCUT2D eigenvalue weighted by Crippen LogP contribution is -2.15. The third-order valence-corrected chi connectivity index (χ3v) is 6.51. The second kappa shape index (κ2) is 10.5. The van der Waals surface area contributed by atoms with E-state index < -0.39 is 17.9 Å². The summed E-state index contributed by atoms with van der Waals surface area (Å²) in [6.45, 7) is 8.96. The molecule has 0 atom stereocenters. The molecule has 1 amide bonds. The van der Waals surface area contributed by atoms with E-state index in [-0.39, 0.29) is 43.7 Å². The van der Waals surface area contributed by atoms with Gasteiger partial charge in [0, 0.05) is 47.6 Å². The van der Waals surface area contributed by atoms with Crippen molar-refractivity contribution in [3.63, 3.8) is 0 Å². The SMILES string of the molecule is C=CC1=C(C)/C(=C/c2[nH]c(Cc3[nH]c(C(=O)O)c(C)c3CCC(=O)O)c(CCC(=O)O)c2C)NC1=O. The van der Waals surface area contributed by atoms with Crippen molar-refractivity contribution in [1.82, 2.24) is 15.3 Å². The molecule has 3 heterocycles. The highest BCUT2D eigenvalue weighted by atomic mass is 16.4. The van der Waals surface area contributed by atoms with Gasteiger partial charge in [-0.1, -0.05) is 12.7 Å². The van der Waals surface area contributed by atoms with E-state index >= 15 is 0 Å². The number of allylic oxidation sites excluding steroid dienone is 1. The minimum atomic E-state index is -1.15. The maximum atomic E-state index is 12.2. The molecule has 0 radical (unpaired) electrons. The van der Waals surface area contributed by atoms with E-state index in [9.17, 15) is 29.4 Å². The number of carbonyl (C=O) groups is 4. The Morgan fingerprint density at radius 1 is 0.889 bits per heavy atom. The Hall–Kier alpha value is -4.34. The lowest BCUT2D eigenvalue weighted by atomic mass is 9.98. The maximum absolute atomic E-state index is 12.2. The van der Waals surface area contributed by atoms with Crippen molar-refractivity contribution in [3.8, 4) is 0 Å². The molecule has 1 aliphatic heterocycles. The summed E-state index contributed by atoms with van der Waals surface area (Å²) in [5, 5.41) is 30.8. The van der Waals surface area contributed by atoms with Crippen molar-refractivity contribution >= 4 is 29.9 Å². The minimum Gasteiger partial charge on any atom is -0.481 e. The number of hydrogen-bond acceptors (Lipinski definition) is 4. The van der Waals surface area contributed by atoms with Gasteiger partial charge in [0.1, 0.15) is 5.69 Å². The lowest BCUT2D eigenvalue weighted by molar-refractivity contribution is -0.138. The first kappa shape index (κ1) is 26.3. The van der Waals surface area contributed by atoms with Gasteiger partial charge in [0.2, 0.25) is 0 Å². The largest absolute Gasteiger partial charge is 0.481 e. The molecule has 1 aliphatic rings. The van der Waals surface area contributed by atoms with Crippen LogP contribution >= 0.6 is 0 Å². The Labute approximate surface area is 207 Å². The van der Waals surface area contributed by atoms with Crippen LogP contribution in [0.1, 0.15) is 69.6 Å². The van der Waals surface area contributed by atoms with E-state index in [0.29, 0.717) is 39.5 Å². The number of aliphatic carboxylic acids is 2. The Morgan fingerprint density at radius 3 is 1.94 bits per heavy atom. The molecule has 6 N–H and O–H groups in total. The molecule has 0 aromatic carbocycles. The number of aromatic nitrogens is 2. The van der Waals surface area contributed by atoms with E-state index in [2.05, 4.69) is 21.9 Å². The van der Waals surface area contributed by atoms with Crippen molar-refractivity contribution in [3.05, 3.63) is 74.5 Å². The molecule has 2 aromatic heterocycles. The number of carboxylic acids is 3. The zero-order valence-corrected chi connectivity index (χ0v) is 20.4. The second-order valence-corrected chi connectivity index (χ2v) is 8.73. The topological polar surface area (TPSA) is 173 Å². The van der Waals surface area contributed by atoms with Crippen LogP contribution in [0.2, 0.25) is 0 Å². The Kier molecular flexibility index (Phi) is 7.67. The average molecular weight is 496 g/mol. The number of nitrogens with one attached hydrogen (secondary N) is 3. The number of aromatic amines is 2. The second-order valence-electron chi connectivity index (χ2n) is 8.73. The standard InChI is InChI=1S/C26H29N3O7/c1-5-15-12(2)19(29-25(15)34)10-18-13(3)16(6-8-22(30)31)20(27-18)11-21-17(7-9-23(32)33)14(4)24(28-21)26(35)36/h5,10,27-28H,1,6-9,11H2,2-4H3,(H,29,34)(H,30,31)(H,32,33)(H,35,36)/b19-10-. The molecule has 2 aromatic rings. The monoisotopic (exact) mass is 495 g/mol. The van der Waals surface area contributed by atoms with Crippen molar-refractivity contribution in [2.75, 3.05) is 0 Å². The molecule has 36 heavy (non-hydrogen) atoms. The molecular weight excluding hydrogens is 466 g/mol. The minimum absolute atomic E-state index is 0.00511. The summed E-state index contributed by atoms with van der Waals surface area (Å²) in [7, 11) is 0. The fraction of sp³-hybridized carbons (Fsp3) is 0.308. The van der Waals surface area contributed by atoms with Crippen LogP contribution in [0.5, 0.6) is 0 Å². The van der Waals surface area contributed by atoms with Crippen LogP contribution in [-0.4, -0.2) is 49.1 Å². The van der Waals surface area contributed by atoms with E-state index in [4.69, 9.17) is 5.11 Å². The number of carboxylic acid groups (broad SMARTS) is 3. The third-order valence-electron chi connectivity index (χ3n) is 6.51. The number of carbonyl (C=O) groups excluding carboxylic acids is 1. The van der Waals surface area contributed by atoms with Crippen LogP contribution in [0, 0.1) is 13.8 Å². The highest BCUT2D eigenvalue weighted by Gasteiger charge is 2.24. The predicted molar refractivity (Wildman–Crippen MR) is 132 cm³/mol. The van der Waals surface area contributed by atoms with Gasteiger partial charge >= 0.3 is 17.9 Å². The molecular formula is C26H29N3O7. The number of H-pyrrole nitrogens is 2. The summed E-state index contributed by atoms with van der Waals surface area (Å²) in [6, 6.07) is 0. The van der Waals surface area contributed by atoms with Crippen LogP contribution in [0.4, 0.5) is 0 Å². The molecule has 0 saturated carbocycles.